The summed E-state index contributed by atoms with van der Waals surface area (Å²) in [7, 11) is 0. The highest BCUT2D eigenvalue weighted by molar-refractivity contribution is 5.31. The Hall–Kier alpha value is -0.340. The van der Waals surface area contributed by atoms with Gasteiger partial charge in [-0.1, -0.05) is 85.8 Å². The van der Waals surface area contributed by atoms with E-state index in [4.69, 9.17) is 5.73 Å². The molecule has 0 amide bonds. The third kappa shape index (κ3) is 5.02. The lowest BCUT2D eigenvalue weighted by atomic mass is 9.44. The maximum atomic E-state index is 10.3. The van der Waals surface area contributed by atoms with Crippen LogP contribution in [0.3, 0.4) is 0 Å². The van der Waals surface area contributed by atoms with E-state index in [9.17, 15) is 5.11 Å². The molecule has 2 fully saturated rings. The topological polar surface area (TPSA) is 46.2 Å². The number of allylic oxidation sites excluding steroid dienone is 1. The van der Waals surface area contributed by atoms with Crippen molar-refractivity contribution in [3.05, 3.63) is 11.6 Å². The lowest BCUT2D eigenvalue weighted by Crippen LogP contribution is -2.67. The van der Waals surface area contributed by atoms with Gasteiger partial charge >= 0.3 is 0 Å². The molecule has 3 aliphatic rings. The molecular weight excluding hydrogens is 390 g/mol. The first-order chi connectivity index (χ1) is 14.9. The van der Waals surface area contributed by atoms with Crippen molar-refractivity contribution >= 4 is 0 Å². The van der Waals surface area contributed by atoms with Gasteiger partial charge in [0.15, 0.2) is 0 Å². The van der Waals surface area contributed by atoms with E-state index in [1.54, 1.807) is 0 Å². The molecule has 0 aromatic carbocycles. The van der Waals surface area contributed by atoms with Crippen LogP contribution >= 0.6 is 0 Å². The van der Waals surface area contributed by atoms with Crippen LogP contribution in [0.4, 0.5) is 0 Å². The molecule has 0 aliphatic heterocycles. The Balaban J connectivity index is 1.64. The SMILES string of the molecule is CC[C@H](CCC(C)CCCC1[C@@H]2CC=C3C[C@@H](O)CC[C@]3(C)[C@@]2(N)CCC1(C)C)C(C)C. The van der Waals surface area contributed by atoms with Crippen molar-refractivity contribution < 1.29 is 5.11 Å². The van der Waals surface area contributed by atoms with Crippen molar-refractivity contribution in [3.8, 4) is 0 Å². The minimum absolute atomic E-state index is 0.0865. The van der Waals surface area contributed by atoms with Crippen molar-refractivity contribution in [2.45, 2.75) is 137 Å². The quantitative estimate of drug-likeness (QED) is 0.354. The summed E-state index contributed by atoms with van der Waals surface area (Å²) in [6.07, 6.45) is 16.9. The van der Waals surface area contributed by atoms with E-state index in [1.807, 2.05) is 0 Å². The Labute approximate surface area is 200 Å². The van der Waals surface area contributed by atoms with Crippen LogP contribution in [-0.4, -0.2) is 16.7 Å². The molecule has 186 valence electrons. The van der Waals surface area contributed by atoms with E-state index >= 15 is 0 Å². The third-order valence-corrected chi connectivity index (χ3v) is 10.8. The summed E-state index contributed by atoms with van der Waals surface area (Å²) in [5.74, 6) is 3.86. The van der Waals surface area contributed by atoms with Gasteiger partial charge in [-0.3, -0.25) is 0 Å². The van der Waals surface area contributed by atoms with Gasteiger partial charge in [-0.25, -0.2) is 0 Å². The predicted octanol–water partition coefficient (Wildman–Crippen LogP) is 7.89. The second-order valence-electron chi connectivity index (χ2n) is 13.5. The molecule has 3 N–H and O–H groups in total. The van der Waals surface area contributed by atoms with Crippen LogP contribution in [0.15, 0.2) is 11.6 Å². The summed E-state index contributed by atoms with van der Waals surface area (Å²) in [6, 6.07) is 0. The van der Waals surface area contributed by atoms with Crippen molar-refractivity contribution in [2.24, 2.45) is 46.2 Å². The fourth-order valence-electron chi connectivity index (χ4n) is 8.10. The first-order valence-electron chi connectivity index (χ1n) is 14.1. The van der Waals surface area contributed by atoms with Gasteiger partial charge in [-0.05, 0) is 86.4 Å². The fourth-order valence-corrected chi connectivity index (χ4v) is 8.10. The Morgan fingerprint density at radius 1 is 1.06 bits per heavy atom. The van der Waals surface area contributed by atoms with Crippen LogP contribution in [0.1, 0.15) is 126 Å². The average Bonchev–Trinajstić information content (AvgIpc) is 2.72. The molecule has 0 radical (unpaired) electrons. The second-order valence-corrected chi connectivity index (χ2v) is 13.5. The Morgan fingerprint density at radius 2 is 1.78 bits per heavy atom. The highest BCUT2D eigenvalue weighted by atomic mass is 16.3. The summed E-state index contributed by atoms with van der Waals surface area (Å²) >= 11 is 0. The monoisotopic (exact) mass is 445 g/mol. The van der Waals surface area contributed by atoms with Gasteiger partial charge in [0.2, 0.25) is 0 Å². The Bertz CT molecular complexity index is 651. The summed E-state index contributed by atoms with van der Waals surface area (Å²) in [5.41, 5.74) is 9.30. The van der Waals surface area contributed by atoms with Crippen LogP contribution < -0.4 is 5.73 Å². The molecule has 0 bridgehead atoms. The minimum atomic E-state index is -0.158. The van der Waals surface area contributed by atoms with Gasteiger partial charge in [0.1, 0.15) is 0 Å². The summed E-state index contributed by atoms with van der Waals surface area (Å²) in [5, 5.41) is 10.3. The Kier molecular flexibility index (Phi) is 8.30. The maximum Gasteiger partial charge on any atom is 0.0577 e. The highest BCUT2D eigenvalue weighted by Gasteiger charge is 2.60. The van der Waals surface area contributed by atoms with Crippen molar-refractivity contribution in [1.29, 1.82) is 0 Å². The maximum absolute atomic E-state index is 10.3. The number of fused-ring (bicyclic) bond motifs is 3. The van der Waals surface area contributed by atoms with Crippen molar-refractivity contribution in [2.75, 3.05) is 0 Å². The van der Waals surface area contributed by atoms with Crippen LogP contribution in [0.25, 0.3) is 0 Å². The van der Waals surface area contributed by atoms with Gasteiger partial charge in [-0.15, -0.1) is 0 Å². The molecule has 7 atom stereocenters. The molecule has 0 saturated heterocycles. The Morgan fingerprint density at radius 3 is 2.44 bits per heavy atom. The predicted molar refractivity (Wildman–Crippen MR) is 138 cm³/mol. The van der Waals surface area contributed by atoms with E-state index < -0.39 is 0 Å². The number of nitrogens with two attached hydrogens (primary N) is 1. The van der Waals surface area contributed by atoms with E-state index in [-0.39, 0.29) is 17.1 Å². The van der Waals surface area contributed by atoms with E-state index in [0.717, 1.165) is 49.9 Å². The molecule has 0 heterocycles. The first-order valence-corrected chi connectivity index (χ1v) is 14.1. The molecule has 0 spiro atoms. The summed E-state index contributed by atoms with van der Waals surface area (Å²) < 4.78 is 0. The summed E-state index contributed by atoms with van der Waals surface area (Å²) in [4.78, 5) is 0. The van der Waals surface area contributed by atoms with Gasteiger partial charge in [0, 0.05) is 11.0 Å². The molecular formula is C30H55NO. The van der Waals surface area contributed by atoms with Crippen molar-refractivity contribution in [3.63, 3.8) is 0 Å². The smallest absolute Gasteiger partial charge is 0.0577 e. The van der Waals surface area contributed by atoms with E-state index in [1.165, 1.54) is 50.5 Å². The molecule has 3 rings (SSSR count). The van der Waals surface area contributed by atoms with Crippen LogP contribution in [0.2, 0.25) is 0 Å². The number of aliphatic hydroxyl groups excluding tert-OH is 1. The van der Waals surface area contributed by atoms with Gasteiger partial charge in [-0.2, -0.15) is 0 Å². The van der Waals surface area contributed by atoms with Crippen molar-refractivity contribution in [1.82, 2.24) is 0 Å². The molecule has 2 nitrogen and oxygen atoms in total. The largest absolute Gasteiger partial charge is 0.393 e. The van der Waals surface area contributed by atoms with Crippen LogP contribution in [-0.2, 0) is 0 Å². The molecule has 2 unspecified atom stereocenters. The lowest BCUT2D eigenvalue weighted by molar-refractivity contribution is -0.0671. The number of rotatable bonds is 9. The molecule has 0 aromatic heterocycles. The highest BCUT2D eigenvalue weighted by Crippen LogP contribution is 2.62. The van der Waals surface area contributed by atoms with Gasteiger partial charge in [0.25, 0.3) is 0 Å². The minimum Gasteiger partial charge on any atom is -0.393 e. The van der Waals surface area contributed by atoms with Gasteiger partial charge < -0.3 is 10.8 Å². The standard InChI is InChI=1S/C30H55NO/c1-8-23(21(2)3)13-12-22(4)10-9-11-26-27-15-14-24-20-25(32)16-17-29(24,7)30(27,31)19-18-28(26,5)6/h14,21-23,25-27,32H,8-13,15-20,31H2,1-7H3/t22?,23-,25+,26?,27+,29+,30-/m1/s1. The van der Waals surface area contributed by atoms with E-state index in [0.29, 0.717) is 17.3 Å². The zero-order chi connectivity index (χ0) is 23.7. The molecule has 3 aliphatic carbocycles. The molecule has 0 aromatic rings. The number of hydrogen-bond donors (Lipinski definition) is 2. The summed E-state index contributed by atoms with van der Waals surface area (Å²) in [6.45, 7) is 17.1. The zero-order valence-electron chi connectivity index (χ0n) is 22.6. The lowest BCUT2D eigenvalue weighted by Gasteiger charge is -2.64. The fraction of sp³-hybridized carbons (Fsp3) is 0.933. The van der Waals surface area contributed by atoms with E-state index in [2.05, 4.69) is 54.5 Å². The van der Waals surface area contributed by atoms with Crippen LogP contribution in [0, 0.1) is 40.4 Å². The number of aliphatic hydroxyl groups is 1. The van der Waals surface area contributed by atoms with Gasteiger partial charge in [0.05, 0.1) is 6.10 Å². The number of hydrogen-bond acceptors (Lipinski definition) is 2. The molecule has 2 saturated carbocycles. The third-order valence-electron chi connectivity index (χ3n) is 10.8. The zero-order valence-corrected chi connectivity index (χ0v) is 22.6. The first kappa shape index (κ1) is 26.3. The average molecular weight is 446 g/mol. The second kappa shape index (κ2) is 10.1. The normalized spacial score (nSPS) is 38.6. The van der Waals surface area contributed by atoms with Crippen LogP contribution in [0.5, 0.6) is 0 Å². The molecule has 2 heteroatoms. The molecule has 32 heavy (non-hydrogen) atoms.